The van der Waals surface area contributed by atoms with Gasteiger partial charge in [-0.3, -0.25) is 4.79 Å². The van der Waals surface area contributed by atoms with Crippen LogP contribution in [-0.2, 0) is 4.79 Å². The quantitative estimate of drug-likeness (QED) is 0.346. The molecule has 30 heavy (non-hydrogen) atoms. The van der Waals surface area contributed by atoms with Crippen molar-refractivity contribution in [1.29, 1.82) is 0 Å². The van der Waals surface area contributed by atoms with Crippen LogP contribution in [0.15, 0.2) is 84.6 Å². The van der Waals surface area contributed by atoms with Gasteiger partial charge in [-0.1, -0.05) is 42.5 Å². The van der Waals surface area contributed by atoms with E-state index >= 15 is 0 Å². The van der Waals surface area contributed by atoms with Crippen LogP contribution >= 0.6 is 0 Å². The van der Waals surface area contributed by atoms with Crippen molar-refractivity contribution < 1.29 is 23.8 Å². The molecule has 0 unspecified atom stereocenters. The topological polar surface area (TPSA) is 61.8 Å². The molecule has 0 aliphatic carbocycles. The lowest BCUT2D eigenvalue weighted by Crippen LogP contribution is -2.03. The highest BCUT2D eigenvalue weighted by Crippen LogP contribution is 2.35. The fourth-order valence-corrected chi connectivity index (χ4v) is 2.96. The van der Waals surface area contributed by atoms with Gasteiger partial charge in [0.05, 0.1) is 12.7 Å². The van der Waals surface area contributed by atoms with Gasteiger partial charge >= 0.3 is 5.97 Å². The van der Waals surface area contributed by atoms with Gasteiger partial charge in [0.2, 0.25) is 5.78 Å². The summed E-state index contributed by atoms with van der Waals surface area (Å²) in [6, 6.07) is 21.4. The summed E-state index contributed by atoms with van der Waals surface area (Å²) in [5.41, 5.74) is 2.13. The van der Waals surface area contributed by atoms with Crippen LogP contribution in [0, 0.1) is 0 Å². The molecule has 1 heterocycles. The van der Waals surface area contributed by atoms with Gasteiger partial charge in [-0.15, -0.1) is 0 Å². The number of esters is 1. The number of carbonyl (C=O) groups is 2. The van der Waals surface area contributed by atoms with Crippen LogP contribution in [0.2, 0.25) is 0 Å². The molecule has 1 aliphatic heterocycles. The van der Waals surface area contributed by atoms with E-state index in [0.29, 0.717) is 17.1 Å². The van der Waals surface area contributed by atoms with Crippen molar-refractivity contribution in [2.45, 2.75) is 0 Å². The summed E-state index contributed by atoms with van der Waals surface area (Å²) in [5, 5.41) is 0. The van der Waals surface area contributed by atoms with Crippen LogP contribution in [0.4, 0.5) is 0 Å². The second-order valence-corrected chi connectivity index (χ2v) is 6.54. The number of ketones is 1. The van der Waals surface area contributed by atoms with Crippen LogP contribution in [0.25, 0.3) is 12.2 Å². The number of hydrogen-bond donors (Lipinski definition) is 0. The lowest BCUT2D eigenvalue weighted by atomic mass is 10.1. The SMILES string of the molecule is COc1ccc(/C=C2/Oc3cc(OC(=O)/C=C/c4ccccc4)ccc3C2=O)cc1. The molecular weight excluding hydrogens is 380 g/mol. The summed E-state index contributed by atoms with van der Waals surface area (Å²) < 4.78 is 16.2. The Bertz CT molecular complexity index is 1140. The molecular formula is C25H18O5. The van der Waals surface area contributed by atoms with E-state index in [1.807, 2.05) is 42.5 Å². The van der Waals surface area contributed by atoms with E-state index in [1.165, 1.54) is 12.1 Å². The molecule has 3 aromatic rings. The summed E-state index contributed by atoms with van der Waals surface area (Å²) in [6.45, 7) is 0. The van der Waals surface area contributed by atoms with Gasteiger partial charge < -0.3 is 14.2 Å². The molecule has 4 rings (SSSR count). The highest BCUT2D eigenvalue weighted by molar-refractivity contribution is 6.14. The molecule has 0 radical (unpaired) electrons. The van der Waals surface area contributed by atoms with Crippen molar-refractivity contribution in [3.05, 3.63) is 101 Å². The standard InChI is InChI=1S/C25H18O5/c1-28-19-10-7-18(8-11-19)15-23-25(27)21-13-12-20(16-22(21)30-23)29-24(26)14-9-17-5-3-2-4-6-17/h2-16H,1H3/b14-9+,23-15+. The maximum Gasteiger partial charge on any atom is 0.336 e. The summed E-state index contributed by atoms with van der Waals surface area (Å²) in [7, 11) is 1.59. The van der Waals surface area contributed by atoms with Crippen molar-refractivity contribution >= 4 is 23.9 Å². The van der Waals surface area contributed by atoms with E-state index < -0.39 is 5.97 Å². The van der Waals surface area contributed by atoms with E-state index in [1.54, 1.807) is 43.5 Å². The van der Waals surface area contributed by atoms with Gasteiger partial charge in [0, 0.05) is 12.1 Å². The summed E-state index contributed by atoms with van der Waals surface area (Å²) >= 11 is 0. The first-order valence-electron chi connectivity index (χ1n) is 9.30. The predicted octanol–water partition coefficient (Wildman–Crippen LogP) is 4.93. The summed E-state index contributed by atoms with van der Waals surface area (Å²) in [4.78, 5) is 24.6. The normalized spacial score (nSPS) is 13.9. The first kappa shape index (κ1) is 19.2. The minimum Gasteiger partial charge on any atom is -0.497 e. The van der Waals surface area contributed by atoms with Crippen molar-refractivity contribution in [3.63, 3.8) is 0 Å². The Morgan fingerprint density at radius 1 is 0.900 bits per heavy atom. The third-order valence-corrected chi connectivity index (χ3v) is 4.48. The van der Waals surface area contributed by atoms with E-state index in [4.69, 9.17) is 14.2 Å². The Morgan fingerprint density at radius 3 is 2.37 bits per heavy atom. The zero-order valence-corrected chi connectivity index (χ0v) is 16.2. The molecule has 5 heteroatoms. The minimum atomic E-state index is -0.517. The number of fused-ring (bicyclic) bond motifs is 1. The smallest absolute Gasteiger partial charge is 0.336 e. The Morgan fingerprint density at radius 2 is 1.63 bits per heavy atom. The Labute approximate surface area is 173 Å². The van der Waals surface area contributed by atoms with E-state index in [0.717, 1.165) is 16.9 Å². The van der Waals surface area contributed by atoms with Crippen LogP contribution < -0.4 is 14.2 Å². The average Bonchev–Trinajstić information content (AvgIpc) is 3.08. The molecule has 0 N–H and O–H groups in total. The van der Waals surface area contributed by atoms with Crippen LogP contribution in [0.5, 0.6) is 17.2 Å². The van der Waals surface area contributed by atoms with Crippen molar-refractivity contribution in [2.24, 2.45) is 0 Å². The van der Waals surface area contributed by atoms with Gasteiger partial charge in [-0.05, 0) is 47.5 Å². The molecule has 0 fully saturated rings. The molecule has 0 bridgehead atoms. The van der Waals surface area contributed by atoms with Crippen molar-refractivity contribution in [2.75, 3.05) is 7.11 Å². The molecule has 5 nitrogen and oxygen atoms in total. The van der Waals surface area contributed by atoms with Gasteiger partial charge in [-0.25, -0.2) is 4.79 Å². The number of allylic oxidation sites excluding steroid dienone is 1. The van der Waals surface area contributed by atoms with Crippen LogP contribution in [-0.4, -0.2) is 18.9 Å². The largest absolute Gasteiger partial charge is 0.497 e. The number of hydrogen-bond acceptors (Lipinski definition) is 5. The van der Waals surface area contributed by atoms with Gasteiger partial charge in [0.25, 0.3) is 0 Å². The Balaban J connectivity index is 1.47. The lowest BCUT2D eigenvalue weighted by Gasteiger charge is -2.03. The van der Waals surface area contributed by atoms with E-state index in [9.17, 15) is 9.59 Å². The van der Waals surface area contributed by atoms with Crippen LogP contribution in [0.3, 0.4) is 0 Å². The minimum absolute atomic E-state index is 0.211. The number of rotatable bonds is 5. The molecule has 0 spiro atoms. The monoisotopic (exact) mass is 398 g/mol. The van der Waals surface area contributed by atoms with Gasteiger partial charge in [0.15, 0.2) is 5.76 Å². The Kier molecular flexibility index (Phi) is 5.44. The first-order valence-corrected chi connectivity index (χ1v) is 9.30. The van der Waals surface area contributed by atoms with Crippen molar-refractivity contribution in [1.82, 2.24) is 0 Å². The van der Waals surface area contributed by atoms with Gasteiger partial charge in [0.1, 0.15) is 17.2 Å². The molecule has 3 aromatic carbocycles. The number of carbonyl (C=O) groups excluding carboxylic acids is 2. The molecule has 0 atom stereocenters. The third-order valence-electron chi connectivity index (χ3n) is 4.48. The maximum absolute atomic E-state index is 12.6. The fourth-order valence-electron chi connectivity index (χ4n) is 2.96. The molecule has 1 aliphatic rings. The number of ether oxygens (including phenoxy) is 3. The molecule has 0 saturated carbocycles. The predicted molar refractivity (Wildman–Crippen MR) is 113 cm³/mol. The average molecular weight is 398 g/mol. The first-order chi connectivity index (χ1) is 14.6. The van der Waals surface area contributed by atoms with Crippen LogP contribution in [0.1, 0.15) is 21.5 Å². The summed E-state index contributed by atoms with van der Waals surface area (Å²) in [5.74, 6) is 0.862. The number of methoxy groups -OCH3 is 1. The zero-order chi connectivity index (χ0) is 20.9. The Hall–Kier alpha value is -4.12. The van der Waals surface area contributed by atoms with E-state index in [-0.39, 0.29) is 11.5 Å². The molecule has 0 amide bonds. The summed E-state index contributed by atoms with van der Waals surface area (Å²) in [6.07, 6.45) is 4.69. The van der Waals surface area contributed by atoms with E-state index in [2.05, 4.69) is 0 Å². The van der Waals surface area contributed by atoms with Gasteiger partial charge in [-0.2, -0.15) is 0 Å². The second kappa shape index (κ2) is 8.49. The number of Topliss-reactive ketones (excluding diaryl/α,β-unsaturated/α-hetero) is 1. The molecule has 0 aromatic heterocycles. The van der Waals surface area contributed by atoms with Crippen molar-refractivity contribution in [3.8, 4) is 17.2 Å². The zero-order valence-electron chi connectivity index (χ0n) is 16.2. The second-order valence-electron chi connectivity index (χ2n) is 6.54. The molecule has 148 valence electrons. The fraction of sp³-hybridized carbons (Fsp3) is 0.0400. The highest BCUT2D eigenvalue weighted by Gasteiger charge is 2.27. The maximum atomic E-state index is 12.6. The third kappa shape index (κ3) is 4.31. The number of benzene rings is 3. The molecule has 0 saturated heterocycles. The lowest BCUT2D eigenvalue weighted by molar-refractivity contribution is -0.128. The highest BCUT2D eigenvalue weighted by atomic mass is 16.5.